The molecule has 116 valence electrons. The van der Waals surface area contributed by atoms with Crippen molar-refractivity contribution in [1.29, 1.82) is 0 Å². The number of benzene rings is 1. The third-order valence-electron chi connectivity index (χ3n) is 4.22. The van der Waals surface area contributed by atoms with Gasteiger partial charge in [0.05, 0.1) is 0 Å². The molecule has 1 saturated heterocycles. The Kier molecular flexibility index (Phi) is 4.16. The SMILES string of the molecule is CS(=O)(=O)c1cccnc1N1CCC(c2ccccc2)CC1. The molecule has 0 amide bonds. The highest BCUT2D eigenvalue weighted by molar-refractivity contribution is 7.90. The van der Waals surface area contributed by atoms with Crippen molar-refractivity contribution in [2.24, 2.45) is 0 Å². The third kappa shape index (κ3) is 3.14. The summed E-state index contributed by atoms with van der Waals surface area (Å²) in [5.74, 6) is 1.14. The van der Waals surface area contributed by atoms with Crippen LogP contribution in [0.15, 0.2) is 53.6 Å². The zero-order chi connectivity index (χ0) is 15.6. The zero-order valence-corrected chi connectivity index (χ0v) is 13.5. The molecular formula is C17H20N2O2S. The van der Waals surface area contributed by atoms with E-state index >= 15 is 0 Å². The van der Waals surface area contributed by atoms with Gasteiger partial charge in [0.25, 0.3) is 0 Å². The van der Waals surface area contributed by atoms with Crippen LogP contribution in [0.5, 0.6) is 0 Å². The predicted octanol–water partition coefficient (Wildman–Crippen LogP) is 2.87. The summed E-state index contributed by atoms with van der Waals surface area (Å²) >= 11 is 0. The van der Waals surface area contributed by atoms with Crippen LogP contribution >= 0.6 is 0 Å². The van der Waals surface area contributed by atoms with Gasteiger partial charge in [-0.1, -0.05) is 30.3 Å². The van der Waals surface area contributed by atoms with Crippen LogP contribution in [0.3, 0.4) is 0 Å². The first-order valence-electron chi connectivity index (χ1n) is 7.50. The smallest absolute Gasteiger partial charge is 0.179 e. The Balaban J connectivity index is 1.78. The van der Waals surface area contributed by atoms with E-state index in [4.69, 9.17) is 0 Å². The topological polar surface area (TPSA) is 50.3 Å². The minimum Gasteiger partial charge on any atom is -0.355 e. The van der Waals surface area contributed by atoms with Gasteiger partial charge in [0, 0.05) is 25.5 Å². The lowest BCUT2D eigenvalue weighted by atomic mass is 9.89. The average molecular weight is 316 g/mol. The fourth-order valence-corrected chi connectivity index (χ4v) is 3.90. The number of hydrogen-bond donors (Lipinski definition) is 0. The molecule has 0 bridgehead atoms. The van der Waals surface area contributed by atoms with E-state index in [2.05, 4.69) is 34.1 Å². The van der Waals surface area contributed by atoms with Crippen LogP contribution in [-0.2, 0) is 9.84 Å². The molecule has 2 aromatic rings. The lowest BCUT2D eigenvalue weighted by Gasteiger charge is -2.33. The van der Waals surface area contributed by atoms with Gasteiger partial charge in [-0.3, -0.25) is 0 Å². The number of rotatable bonds is 3. The molecule has 1 aliphatic heterocycles. The first-order valence-corrected chi connectivity index (χ1v) is 9.40. The van der Waals surface area contributed by atoms with Gasteiger partial charge in [0.2, 0.25) is 0 Å². The third-order valence-corrected chi connectivity index (χ3v) is 5.33. The molecule has 0 radical (unpaired) electrons. The van der Waals surface area contributed by atoms with E-state index in [1.54, 1.807) is 18.3 Å². The second kappa shape index (κ2) is 6.08. The Morgan fingerprint density at radius 1 is 1.05 bits per heavy atom. The molecule has 22 heavy (non-hydrogen) atoms. The normalized spacial score (nSPS) is 16.7. The summed E-state index contributed by atoms with van der Waals surface area (Å²) in [5, 5.41) is 0. The van der Waals surface area contributed by atoms with Crippen molar-refractivity contribution in [3.05, 3.63) is 54.2 Å². The number of aromatic nitrogens is 1. The number of hydrogen-bond acceptors (Lipinski definition) is 4. The number of sulfone groups is 1. The molecule has 3 rings (SSSR count). The van der Waals surface area contributed by atoms with Crippen LogP contribution in [0.25, 0.3) is 0 Å². The minimum absolute atomic E-state index is 0.327. The molecule has 1 fully saturated rings. The van der Waals surface area contributed by atoms with Gasteiger partial charge >= 0.3 is 0 Å². The van der Waals surface area contributed by atoms with Gasteiger partial charge in [-0.05, 0) is 36.5 Å². The van der Waals surface area contributed by atoms with E-state index in [0.29, 0.717) is 16.6 Å². The van der Waals surface area contributed by atoms with E-state index < -0.39 is 9.84 Å². The van der Waals surface area contributed by atoms with Crippen LogP contribution in [0.4, 0.5) is 5.82 Å². The minimum atomic E-state index is -3.25. The fourth-order valence-electron chi connectivity index (χ4n) is 3.06. The second-order valence-corrected chi connectivity index (χ2v) is 7.75. The molecule has 0 aliphatic carbocycles. The van der Waals surface area contributed by atoms with Crippen molar-refractivity contribution in [2.45, 2.75) is 23.7 Å². The van der Waals surface area contributed by atoms with Crippen LogP contribution in [0.2, 0.25) is 0 Å². The number of anilines is 1. The number of nitrogens with zero attached hydrogens (tertiary/aromatic N) is 2. The Bertz CT molecular complexity index is 736. The van der Waals surface area contributed by atoms with Gasteiger partial charge in [-0.15, -0.1) is 0 Å². The molecular weight excluding hydrogens is 296 g/mol. The molecule has 5 heteroatoms. The molecule has 0 saturated carbocycles. The average Bonchev–Trinajstić information content (AvgIpc) is 2.55. The van der Waals surface area contributed by atoms with Crippen molar-refractivity contribution in [3.63, 3.8) is 0 Å². The highest BCUT2D eigenvalue weighted by atomic mass is 32.2. The highest BCUT2D eigenvalue weighted by Gasteiger charge is 2.25. The summed E-state index contributed by atoms with van der Waals surface area (Å²) < 4.78 is 23.8. The van der Waals surface area contributed by atoms with Crippen molar-refractivity contribution in [2.75, 3.05) is 24.2 Å². The Hall–Kier alpha value is -1.88. The number of pyridine rings is 1. The monoisotopic (exact) mass is 316 g/mol. The first-order chi connectivity index (χ1) is 10.6. The molecule has 0 spiro atoms. The van der Waals surface area contributed by atoms with Crippen LogP contribution in [0, 0.1) is 0 Å². The van der Waals surface area contributed by atoms with Crippen molar-refractivity contribution in [1.82, 2.24) is 4.98 Å². The summed E-state index contributed by atoms with van der Waals surface area (Å²) in [7, 11) is -3.25. The van der Waals surface area contributed by atoms with Gasteiger partial charge < -0.3 is 4.90 Å². The maximum atomic E-state index is 11.9. The molecule has 0 atom stereocenters. The van der Waals surface area contributed by atoms with E-state index in [1.165, 1.54) is 11.8 Å². The Morgan fingerprint density at radius 2 is 1.73 bits per heavy atom. The predicted molar refractivity (Wildman–Crippen MR) is 88.0 cm³/mol. The summed E-state index contributed by atoms with van der Waals surface area (Å²) in [6.45, 7) is 1.66. The molecule has 1 aromatic carbocycles. The Labute approximate surface area is 131 Å². The van der Waals surface area contributed by atoms with Crippen molar-refractivity contribution < 1.29 is 8.42 Å². The summed E-state index contributed by atoms with van der Waals surface area (Å²) in [4.78, 5) is 6.73. The fraction of sp³-hybridized carbons (Fsp3) is 0.353. The highest BCUT2D eigenvalue weighted by Crippen LogP contribution is 2.31. The molecule has 1 aliphatic rings. The standard InChI is InChI=1S/C17H20N2O2S/c1-22(20,21)16-8-5-11-18-17(16)19-12-9-15(10-13-19)14-6-3-2-4-7-14/h2-8,11,15H,9-10,12-13H2,1H3. The zero-order valence-electron chi connectivity index (χ0n) is 12.6. The maximum absolute atomic E-state index is 11.9. The van der Waals surface area contributed by atoms with E-state index in [9.17, 15) is 8.42 Å². The quantitative estimate of drug-likeness (QED) is 0.874. The molecule has 1 aromatic heterocycles. The van der Waals surface area contributed by atoms with Gasteiger partial charge in [0.15, 0.2) is 9.84 Å². The summed E-state index contributed by atoms with van der Waals surface area (Å²) in [5.41, 5.74) is 1.37. The van der Waals surface area contributed by atoms with Crippen LogP contribution in [0.1, 0.15) is 24.3 Å². The Morgan fingerprint density at radius 3 is 2.36 bits per heavy atom. The summed E-state index contributed by atoms with van der Waals surface area (Å²) in [6.07, 6.45) is 4.94. The van der Waals surface area contributed by atoms with Gasteiger partial charge in [-0.2, -0.15) is 0 Å². The lowest BCUT2D eigenvalue weighted by Crippen LogP contribution is -2.34. The van der Waals surface area contributed by atoms with E-state index in [-0.39, 0.29) is 0 Å². The van der Waals surface area contributed by atoms with Gasteiger partial charge in [0.1, 0.15) is 10.7 Å². The van der Waals surface area contributed by atoms with E-state index in [1.807, 2.05) is 6.07 Å². The lowest BCUT2D eigenvalue weighted by molar-refractivity contribution is 0.500. The largest absolute Gasteiger partial charge is 0.355 e. The van der Waals surface area contributed by atoms with Crippen molar-refractivity contribution in [3.8, 4) is 0 Å². The van der Waals surface area contributed by atoms with Gasteiger partial charge in [-0.25, -0.2) is 13.4 Å². The molecule has 0 unspecified atom stereocenters. The summed E-state index contributed by atoms with van der Waals surface area (Å²) in [6, 6.07) is 13.8. The second-order valence-electron chi connectivity index (χ2n) is 5.77. The maximum Gasteiger partial charge on any atom is 0.179 e. The first kappa shape index (κ1) is 15.0. The van der Waals surface area contributed by atoms with Crippen LogP contribution < -0.4 is 4.90 Å². The molecule has 4 nitrogen and oxygen atoms in total. The molecule has 2 heterocycles. The van der Waals surface area contributed by atoms with Crippen molar-refractivity contribution >= 4 is 15.7 Å². The molecule has 0 N–H and O–H groups in total. The van der Waals surface area contributed by atoms with Crippen LogP contribution in [-0.4, -0.2) is 32.7 Å². The number of piperidine rings is 1. The van der Waals surface area contributed by atoms with E-state index in [0.717, 1.165) is 25.9 Å².